The first-order valence-electron chi connectivity index (χ1n) is 6.39. The monoisotopic (exact) mass is 392 g/mol. The second kappa shape index (κ2) is 6.04. The van der Waals surface area contributed by atoms with Gasteiger partial charge in [0.1, 0.15) is 8.07 Å². The lowest BCUT2D eigenvalue weighted by Crippen LogP contribution is -2.59. The summed E-state index contributed by atoms with van der Waals surface area (Å²) in [7, 11) is -4.60. The zero-order chi connectivity index (χ0) is 19.4. The summed E-state index contributed by atoms with van der Waals surface area (Å²) in [5.74, 6) is -24.2. The van der Waals surface area contributed by atoms with E-state index in [1.807, 2.05) is 0 Å². The minimum Gasteiger partial charge on any atom is -0.204 e. The molecule has 0 unspecified atom stereocenters. The molecule has 0 spiro atoms. The molecule has 0 fully saturated rings. The highest BCUT2D eigenvalue weighted by molar-refractivity contribution is 7.00. The summed E-state index contributed by atoms with van der Waals surface area (Å²) in [6.07, 6.45) is 0. The van der Waals surface area contributed by atoms with E-state index in [1.165, 1.54) is 0 Å². The van der Waals surface area contributed by atoms with Crippen LogP contribution in [0.1, 0.15) is 0 Å². The van der Waals surface area contributed by atoms with Crippen LogP contribution in [0.2, 0.25) is 13.1 Å². The predicted molar refractivity (Wildman–Crippen MR) is 69.2 cm³/mol. The quantitative estimate of drug-likeness (QED) is 0.315. The SMILES string of the molecule is C[Si](C)(c1c(F)c(F)c(F)c(F)c1F)c1c(F)c(F)c(F)c(F)c1F. The predicted octanol–water partition coefficient (Wildman–Crippen LogP) is 3.90. The lowest BCUT2D eigenvalue weighted by molar-refractivity contribution is 0.381. The van der Waals surface area contributed by atoms with Gasteiger partial charge in [0.05, 0.1) is 0 Å². The van der Waals surface area contributed by atoms with Gasteiger partial charge < -0.3 is 0 Å². The van der Waals surface area contributed by atoms with Gasteiger partial charge in [0.2, 0.25) is 11.6 Å². The number of halogens is 10. The molecule has 2 aromatic carbocycles. The van der Waals surface area contributed by atoms with Crippen LogP contribution in [0.3, 0.4) is 0 Å². The molecule has 0 bridgehead atoms. The molecule has 2 rings (SSSR count). The maximum Gasteiger partial charge on any atom is 0.200 e. The smallest absolute Gasteiger partial charge is 0.200 e. The first-order valence-corrected chi connectivity index (χ1v) is 9.39. The van der Waals surface area contributed by atoms with Crippen molar-refractivity contribution in [3.63, 3.8) is 0 Å². The van der Waals surface area contributed by atoms with Crippen LogP contribution < -0.4 is 10.4 Å². The minimum absolute atomic E-state index is 0.684. The topological polar surface area (TPSA) is 0 Å². The lowest BCUT2D eigenvalue weighted by Gasteiger charge is -2.26. The molecule has 0 amide bonds. The van der Waals surface area contributed by atoms with E-state index in [9.17, 15) is 43.9 Å². The Kier molecular flexibility index (Phi) is 4.66. The molecular weight excluding hydrogens is 386 g/mol. The third-order valence-electron chi connectivity index (χ3n) is 3.67. The van der Waals surface area contributed by atoms with Gasteiger partial charge in [-0.25, -0.2) is 43.9 Å². The largest absolute Gasteiger partial charge is 0.204 e. The van der Waals surface area contributed by atoms with Crippen molar-refractivity contribution in [2.45, 2.75) is 13.1 Å². The standard InChI is InChI=1S/C14H6F10Si/c1-25(2,13-9(21)5(17)3(15)6(18)10(13)22)14-11(23)7(19)4(16)8(20)12(14)24/h1-2H3. The molecule has 0 aliphatic rings. The highest BCUT2D eigenvalue weighted by Gasteiger charge is 2.43. The minimum atomic E-state index is -4.60. The Morgan fingerprint density at radius 3 is 0.720 bits per heavy atom. The van der Waals surface area contributed by atoms with Crippen molar-refractivity contribution >= 4 is 18.4 Å². The van der Waals surface area contributed by atoms with Crippen molar-refractivity contribution in [1.82, 2.24) is 0 Å². The van der Waals surface area contributed by atoms with Crippen LogP contribution in [0.5, 0.6) is 0 Å². The lowest BCUT2D eigenvalue weighted by atomic mass is 10.3. The first-order chi connectivity index (χ1) is 11.4. The molecule has 0 aliphatic heterocycles. The number of rotatable bonds is 2. The number of hydrogen-bond donors (Lipinski definition) is 0. The van der Waals surface area contributed by atoms with Crippen molar-refractivity contribution in [1.29, 1.82) is 0 Å². The summed E-state index contributed by atoms with van der Waals surface area (Å²) >= 11 is 0. The maximum atomic E-state index is 13.9. The van der Waals surface area contributed by atoms with Crippen LogP contribution in [0.4, 0.5) is 43.9 Å². The Balaban J connectivity index is 2.96. The van der Waals surface area contributed by atoms with Gasteiger partial charge >= 0.3 is 0 Å². The Morgan fingerprint density at radius 1 is 0.360 bits per heavy atom. The van der Waals surface area contributed by atoms with Crippen LogP contribution >= 0.6 is 0 Å². The van der Waals surface area contributed by atoms with E-state index in [1.54, 1.807) is 0 Å². The van der Waals surface area contributed by atoms with Gasteiger partial charge in [-0.2, -0.15) is 0 Å². The third-order valence-corrected chi connectivity index (χ3v) is 7.05. The van der Waals surface area contributed by atoms with Crippen LogP contribution in [-0.4, -0.2) is 8.07 Å². The molecule has 0 saturated heterocycles. The fourth-order valence-electron chi connectivity index (χ4n) is 2.43. The van der Waals surface area contributed by atoms with Crippen LogP contribution in [0.25, 0.3) is 0 Å². The summed E-state index contributed by atoms with van der Waals surface area (Å²) < 4.78 is 135. The van der Waals surface area contributed by atoms with E-state index < -0.39 is 76.6 Å². The second-order valence-electron chi connectivity index (χ2n) is 5.51. The molecule has 0 atom stereocenters. The summed E-state index contributed by atoms with van der Waals surface area (Å²) in [5.41, 5.74) is 0. The number of benzene rings is 2. The first kappa shape index (κ1) is 19.3. The fraction of sp³-hybridized carbons (Fsp3) is 0.143. The van der Waals surface area contributed by atoms with Gasteiger partial charge in [-0.1, -0.05) is 13.1 Å². The molecule has 25 heavy (non-hydrogen) atoms. The van der Waals surface area contributed by atoms with Gasteiger partial charge in [-0.05, 0) is 0 Å². The van der Waals surface area contributed by atoms with Crippen molar-refractivity contribution in [2.75, 3.05) is 0 Å². The normalized spacial score (nSPS) is 12.0. The fourth-order valence-corrected chi connectivity index (χ4v) is 5.32. The molecule has 0 aliphatic carbocycles. The average Bonchev–Trinajstić information content (AvgIpc) is 2.54. The van der Waals surface area contributed by atoms with Crippen LogP contribution in [-0.2, 0) is 0 Å². The Morgan fingerprint density at radius 2 is 0.520 bits per heavy atom. The average molecular weight is 392 g/mol. The molecule has 136 valence electrons. The van der Waals surface area contributed by atoms with E-state index in [-0.39, 0.29) is 0 Å². The molecule has 0 aromatic heterocycles. The van der Waals surface area contributed by atoms with E-state index in [2.05, 4.69) is 0 Å². The highest BCUT2D eigenvalue weighted by Crippen LogP contribution is 2.24. The summed E-state index contributed by atoms with van der Waals surface area (Å²) in [4.78, 5) is 0. The van der Waals surface area contributed by atoms with Crippen molar-refractivity contribution in [3.8, 4) is 0 Å². The van der Waals surface area contributed by atoms with Crippen molar-refractivity contribution < 1.29 is 43.9 Å². The summed E-state index contributed by atoms with van der Waals surface area (Å²) in [6, 6.07) is 0. The van der Waals surface area contributed by atoms with Gasteiger partial charge in [0, 0.05) is 10.4 Å². The van der Waals surface area contributed by atoms with E-state index in [4.69, 9.17) is 0 Å². The molecule has 0 nitrogen and oxygen atoms in total. The number of hydrogen-bond acceptors (Lipinski definition) is 0. The van der Waals surface area contributed by atoms with E-state index in [0.29, 0.717) is 13.1 Å². The Bertz CT molecular complexity index is 761. The molecule has 0 N–H and O–H groups in total. The van der Waals surface area contributed by atoms with E-state index in [0.717, 1.165) is 0 Å². The summed E-state index contributed by atoms with van der Waals surface area (Å²) in [5, 5.41) is -3.21. The van der Waals surface area contributed by atoms with Crippen LogP contribution in [0, 0.1) is 58.2 Å². The Labute approximate surface area is 134 Å². The van der Waals surface area contributed by atoms with Gasteiger partial charge in [-0.3, -0.25) is 0 Å². The van der Waals surface area contributed by atoms with Gasteiger partial charge in [-0.15, -0.1) is 0 Å². The maximum absolute atomic E-state index is 13.9. The van der Waals surface area contributed by atoms with Gasteiger partial charge in [0.15, 0.2) is 46.5 Å². The van der Waals surface area contributed by atoms with Crippen molar-refractivity contribution in [3.05, 3.63) is 58.2 Å². The Hall–Kier alpha value is -2.04. The molecule has 11 heteroatoms. The third kappa shape index (κ3) is 2.60. The highest BCUT2D eigenvalue weighted by atomic mass is 28.3. The molecule has 2 aromatic rings. The van der Waals surface area contributed by atoms with Crippen molar-refractivity contribution in [2.24, 2.45) is 0 Å². The zero-order valence-corrected chi connectivity index (χ0v) is 13.3. The van der Waals surface area contributed by atoms with E-state index >= 15 is 0 Å². The molecular formula is C14H6F10Si. The molecule has 0 heterocycles. The second-order valence-corrected chi connectivity index (χ2v) is 9.76. The van der Waals surface area contributed by atoms with Crippen LogP contribution in [0.15, 0.2) is 0 Å². The van der Waals surface area contributed by atoms with Gasteiger partial charge in [0.25, 0.3) is 0 Å². The summed E-state index contributed by atoms with van der Waals surface area (Å²) in [6.45, 7) is 1.37. The zero-order valence-electron chi connectivity index (χ0n) is 12.3. The molecule has 0 radical (unpaired) electrons. The molecule has 0 saturated carbocycles.